The number of anilines is 6. The molecule has 0 saturated carbocycles. The number of nitrogens with zero attached hydrogens (tertiary/aromatic N) is 3. The molecule has 0 aliphatic carbocycles. The van der Waals surface area contributed by atoms with Crippen molar-refractivity contribution in [2.75, 3.05) is 9.80 Å². The first-order valence-electron chi connectivity index (χ1n) is 28.3. The first-order valence-corrected chi connectivity index (χ1v) is 28.3. The van der Waals surface area contributed by atoms with Gasteiger partial charge in [-0.25, -0.2) is 0 Å². The Morgan fingerprint density at radius 1 is 0.423 bits per heavy atom. The molecule has 0 N–H and O–H groups in total. The van der Waals surface area contributed by atoms with E-state index in [1.54, 1.807) is 0 Å². The van der Waals surface area contributed by atoms with E-state index in [9.17, 15) is 0 Å². The van der Waals surface area contributed by atoms with E-state index >= 15 is 0 Å². The van der Waals surface area contributed by atoms with Crippen LogP contribution in [0.3, 0.4) is 0 Å². The highest BCUT2D eigenvalue weighted by Gasteiger charge is 2.46. The van der Waals surface area contributed by atoms with E-state index < -0.39 is 0 Å². The van der Waals surface area contributed by atoms with Gasteiger partial charge in [-0.3, -0.25) is 0 Å². The summed E-state index contributed by atoms with van der Waals surface area (Å²) in [6.07, 6.45) is 1.03. The molecular weight excluding hydrogens is 946 g/mol. The number of aryl methyl sites for hydroxylation is 6. The van der Waals surface area contributed by atoms with Crippen molar-refractivity contribution in [2.45, 2.75) is 127 Å². The van der Waals surface area contributed by atoms with Crippen LogP contribution in [-0.2, 0) is 16.2 Å². The highest BCUT2D eigenvalue weighted by molar-refractivity contribution is 7.00. The van der Waals surface area contributed by atoms with Crippen molar-refractivity contribution in [2.24, 2.45) is 0 Å². The summed E-state index contributed by atoms with van der Waals surface area (Å²) in [6, 6.07) is 58.4. The Morgan fingerprint density at radius 2 is 0.974 bits per heavy atom. The Kier molecular flexibility index (Phi) is 11.1. The minimum atomic E-state index is -0.169. The average molecular weight is 1020 g/mol. The second-order valence-corrected chi connectivity index (χ2v) is 25.8. The third-order valence-corrected chi connectivity index (χ3v) is 18.1. The van der Waals surface area contributed by atoms with Gasteiger partial charge in [-0.1, -0.05) is 165 Å². The topological polar surface area (TPSA) is 24.6 Å². The molecule has 4 heterocycles. The number of aromatic nitrogens is 1. The first-order chi connectivity index (χ1) is 37.1. The summed E-state index contributed by atoms with van der Waals surface area (Å²) < 4.78 is 9.27. The third-order valence-electron chi connectivity index (χ3n) is 18.1. The molecule has 2 aliphatic rings. The molecule has 4 nitrogen and oxygen atoms in total. The maximum atomic E-state index is 6.67. The van der Waals surface area contributed by atoms with Crippen LogP contribution in [0, 0.1) is 41.5 Å². The molecule has 0 fully saturated rings. The average Bonchev–Trinajstić information content (AvgIpc) is 2.89. The summed E-state index contributed by atoms with van der Waals surface area (Å²) in [6.45, 7) is 35.0. The Morgan fingerprint density at radius 3 is 1.62 bits per heavy atom. The van der Waals surface area contributed by atoms with Gasteiger partial charge in [0.25, 0.3) is 6.71 Å². The van der Waals surface area contributed by atoms with Crippen LogP contribution in [0.1, 0.15) is 119 Å². The molecule has 2 aliphatic heterocycles. The standard InChI is InChI=1S/C73H72BN3O/c1-16-73(14,15)50-31-33-59-57(36-50)74-58-40-56-53-32-30-49(71(8,9)10)37-60(53)76(67-42(2)22-19-23-43(67)3)61(56)41-62(58)77(68-44(4)24-20-25-45(68)5)64-39-51(72(11,12)13)38-63(66(64)74)75(59)69-46(6)34-48(35-47(69)7)52-27-21-28-55-54-26-17-18-29-65(54)78-70(52)55/h17-41H,16H2,1-15H3. The van der Waals surface area contributed by atoms with Crippen molar-refractivity contribution in [3.8, 4) is 16.8 Å². The number of hydrogen-bond donors (Lipinski definition) is 0. The largest absolute Gasteiger partial charge is 0.455 e. The second kappa shape index (κ2) is 17.4. The van der Waals surface area contributed by atoms with Crippen LogP contribution in [0.4, 0.5) is 34.1 Å². The first kappa shape index (κ1) is 49.8. The summed E-state index contributed by atoms with van der Waals surface area (Å²) in [4.78, 5) is 5.34. The van der Waals surface area contributed by atoms with Crippen molar-refractivity contribution in [1.29, 1.82) is 0 Å². The monoisotopic (exact) mass is 1020 g/mol. The second-order valence-electron chi connectivity index (χ2n) is 25.8. The fourth-order valence-corrected chi connectivity index (χ4v) is 13.5. The quantitative estimate of drug-likeness (QED) is 0.155. The maximum absolute atomic E-state index is 6.67. The van der Waals surface area contributed by atoms with Crippen LogP contribution in [-0.4, -0.2) is 11.3 Å². The molecule has 0 unspecified atom stereocenters. The fraction of sp³-hybridized carbons (Fsp3) is 0.260. The number of furan rings is 1. The van der Waals surface area contributed by atoms with Crippen LogP contribution >= 0.6 is 0 Å². The van der Waals surface area contributed by atoms with Crippen molar-refractivity contribution in [3.63, 3.8) is 0 Å². The van der Waals surface area contributed by atoms with Gasteiger partial charge >= 0.3 is 0 Å². The van der Waals surface area contributed by atoms with Crippen LogP contribution in [0.5, 0.6) is 0 Å². The lowest BCUT2D eigenvalue weighted by Crippen LogP contribution is -2.61. The van der Waals surface area contributed by atoms with E-state index in [4.69, 9.17) is 4.42 Å². The molecule has 0 saturated heterocycles. The maximum Gasteiger partial charge on any atom is 0.252 e. The minimum Gasteiger partial charge on any atom is -0.455 e. The Bertz CT molecular complexity index is 4270. The van der Waals surface area contributed by atoms with Gasteiger partial charge in [-0.05, 0) is 185 Å². The van der Waals surface area contributed by atoms with Crippen LogP contribution in [0.15, 0.2) is 156 Å². The smallest absolute Gasteiger partial charge is 0.252 e. The van der Waals surface area contributed by atoms with E-state index in [1.165, 1.54) is 128 Å². The lowest BCUT2D eigenvalue weighted by atomic mass is 9.33. The SMILES string of the molecule is CCC(C)(C)c1ccc2c(c1)B1c3cc4c5ccc(C(C)(C)C)cc5n(-c5c(C)cccc5C)c4cc3N(c3c(C)cccc3C)c3cc(C(C)(C)C)cc(c31)N2c1c(C)cc(-c2cccc3c2oc2ccccc23)cc1C. The van der Waals surface area contributed by atoms with Gasteiger partial charge in [0, 0.05) is 49.9 Å². The van der Waals surface area contributed by atoms with Gasteiger partial charge in [-0.2, -0.15) is 0 Å². The van der Waals surface area contributed by atoms with E-state index in [-0.39, 0.29) is 23.0 Å². The van der Waals surface area contributed by atoms with Crippen LogP contribution in [0.2, 0.25) is 0 Å². The zero-order valence-electron chi connectivity index (χ0n) is 48.5. The van der Waals surface area contributed by atoms with Crippen molar-refractivity contribution >= 4 is 101 Å². The molecular formula is C73H72BN3O. The lowest BCUT2D eigenvalue weighted by Gasteiger charge is -2.46. The van der Waals surface area contributed by atoms with E-state index in [0.29, 0.717) is 0 Å². The summed E-state index contributed by atoms with van der Waals surface area (Å²) >= 11 is 0. The fourth-order valence-electron chi connectivity index (χ4n) is 13.5. The van der Waals surface area contributed by atoms with E-state index in [0.717, 1.165) is 39.5 Å². The van der Waals surface area contributed by atoms with Crippen molar-refractivity contribution < 1.29 is 4.42 Å². The van der Waals surface area contributed by atoms with E-state index in [1.807, 2.05) is 0 Å². The third kappa shape index (κ3) is 7.40. The molecule has 9 aromatic carbocycles. The molecule has 388 valence electrons. The molecule has 78 heavy (non-hydrogen) atoms. The summed E-state index contributed by atoms with van der Waals surface area (Å²) in [5, 5.41) is 4.84. The van der Waals surface area contributed by atoms with Gasteiger partial charge < -0.3 is 18.8 Å². The molecule has 0 spiro atoms. The highest BCUT2D eigenvalue weighted by Crippen LogP contribution is 2.51. The molecule has 2 aromatic heterocycles. The number of hydrogen-bond acceptors (Lipinski definition) is 3. The normalized spacial score (nSPS) is 13.6. The zero-order chi connectivity index (χ0) is 54.6. The Balaban J connectivity index is 1.16. The Labute approximate surface area is 462 Å². The van der Waals surface area contributed by atoms with Gasteiger partial charge in [0.05, 0.1) is 28.1 Å². The van der Waals surface area contributed by atoms with Gasteiger partial charge in [-0.15, -0.1) is 0 Å². The summed E-state index contributed by atoms with van der Waals surface area (Å²) in [5.74, 6) is 0. The minimum absolute atomic E-state index is 0.0290. The van der Waals surface area contributed by atoms with Gasteiger partial charge in [0.15, 0.2) is 0 Å². The predicted octanol–water partition coefficient (Wildman–Crippen LogP) is 18.6. The number of rotatable bonds is 6. The molecule has 0 amide bonds. The van der Waals surface area contributed by atoms with E-state index in [2.05, 4.69) is 270 Å². The molecule has 11 aromatic rings. The molecule has 0 bridgehead atoms. The Hall–Kier alpha value is -7.76. The molecule has 0 radical (unpaired) electrons. The molecule has 0 atom stereocenters. The number of benzene rings is 9. The van der Waals surface area contributed by atoms with Crippen LogP contribution in [0.25, 0.3) is 60.6 Å². The molecule has 13 rings (SSSR count). The number of fused-ring (bicyclic) bond motifs is 10. The van der Waals surface area contributed by atoms with Gasteiger partial charge in [0.2, 0.25) is 0 Å². The summed E-state index contributed by atoms with van der Waals surface area (Å²) in [7, 11) is 0. The zero-order valence-corrected chi connectivity index (χ0v) is 48.5. The lowest BCUT2D eigenvalue weighted by molar-refractivity contribution is 0.506. The predicted molar refractivity (Wildman–Crippen MR) is 337 cm³/mol. The molecule has 5 heteroatoms. The summed E-state index contributed by atoms with van der Waals surface area (Å²) in [5.41, 5.74) is 30.5. The van der Waals surface area contributed by atoms with Gasteiger partial charge in [0.1, 0.15) is 11.2 Å². The number of para-hydroxylation sites is 4. The van der Waals surface area contributed by atoms with Crippen molar-refractivity contribution in [3.05, 3.63) is 202 Å². The van der Waals surface area contributed by atoms with Crippen molar-refractivity contribution in [1.82, 2.24) is 4.57 Å². The highest BCUT2D eigenvalue weighted by atomic mass is 16.3. The van der Waals surface area contributed by atoms with Crippen LogP contribution < -0.4 is 26.2 Å².